The zero-order valence-corrected chi connectivity index (χ0v) is 16.1. The van der Waals surface area contributed by atoms with Gasteiger partial charge in [-0.2, -0.15) is 0 Å². The molecule has 0 aliphatic heterocycles. The molecule has 4 heteroatoms. The van der Waals surface area contributed by atoms with Crippen molar-refractivity contribution in [2.24, 2.45) is 0 Å². The number of unbranched alkanes of at least 4 members (excludes halogenated alkanes) is 10. The van der Waals surface area contributed by atoms with Gasteiger partial charge in [-0.3, -0.25) is 0 Å². The predicted octanol–water partition coefficient (Wildman–Crippen LogP) is 6.12. The Morgan fingerprint density at radius 2 is 1.20 bits per heavy atom. The molecule has 0 aromatic carbocycles. The molecule has 0 unspecified atom stereocenters. The Hall–Kier alpha value is -1.58. The molecule has 0 rings (SSSR count). The Morgan fingerprint density at radius 3 is 1.68 bits per heavy atom. The van der Waals surface area contributed by atoms with Gasteiger partial charge in [0.2, 0.25) is 0 Å². The maximum absolute atomic E-state index is 11.1. The van der Waals surface area contributed by atoms with E-state index in [1.54, 1.807) is 0 Å². The molecule has 0 radical (unpaired) electrons. The van der Waals surface area contributed by atoms with E-state index in [4.69, 9.17) is 10.2 Å². The highest BCUT2D eigenvalue weighted by atomic mass is 16.4. The maximum atomic E-state index is 11.1. The van der Waals surface area contributed by atoms with Crippen LogP contribution in [0.3, 0.4) is 0 Å². The van der Waals surface area contributed by atoms with E-state index >= 15 is 0 Å². The Balaban J connectivity index is 3.63. The molecule has 144 valence electrons. The number of aliphatic carboxylic acids is 2. The lowest BCUT2D eigenvalue weighted by atomic mass is 10.0. The van der Waals surface area contributed by atoms with Gasteiger partial charge in [0.1, 0.15) is 0 Å². The number of carboxylic acid groups (broad SMARTS) is 2. The first-order chi connectivity index (χ1) is 12.0. The number of rotatable bonds is 16. The van der Waals surface area contributed by atoms with Crippen molar-refractivity contribution < 1.29 is 19.8 Å². The number of carbonyl (C=O) groups is 2. The van der Waals surface area contributed by atoms with E-state index < -0.39 is 11.9 Å². The fourth-order valence-corrected chi connectivity index (χ4v) is 2.78. The minimum atomic E-state index is -1.15. The molecule has 0 amide bonds. The van der Waals surface area contributed by atoms with E-state index in [1.165, 1.54) is 51.9 Å². The standard InChI is InChI=1S/C21H36O4/c1-3-4-5-6-7-8-9-10-11-12-13-14-15-16-17-19(21(24)25)18(2)20(22)23/h10-11H,3-9,12-17H2,1-2H3,(H,22,23)(H,24,25). The molecule has 0 fully saturated rings. The highest BCUT2D eigenvalue weighted by Crippen LogP contribution is 2.15. The summed E-state index contributed by atoms with van der Waals surface area (Å²) in [7, 11) is 0. The molecule has 0 aliphatic rings. The SMILES string of the molecule is CCCCCCCCC=CCCCCCCC(C(=O)O)=C(C)C(=O)O. The molecule has 0 spiro atoms. The average molecular weight is 353 g/mol. The summed E-state index contributed by atoms with van der Waals surface area (Å²) in [5.41, 5.74) is -0.0172. The van der Waals surface area contributed by atoms with Crippen molar-refractivity contribution in [1.82, 2.24) is 0 Å². The van der Waals surface area contributed by atoms with E-state index in [0.29, 0.717) is 6.42 Å². The molecule has 0 heterocycles. The lowest BCUT2D eigenvalue weighted by Crippen LogP contribution is -2.09. The van der Waals surface area contributed by atoms with Crippen molar-refractivity contribution in [3.8, 4) is 0 Å². The smallest absolute Gasteiger partial charge is 0.332 e. The second kappa shape index (κ2) is 15.9. The summed E-state index contributed by atoms with van der Waals surface area (Å²) in [6.45, 7) is 3.60. The zero-order chi connectivity index (χ0) is 18.9. The molecule has 0 bridgehead atoms. The van der Waals surface area contributed by atoms with Gasteiger partial charge in [-0.15, -0.1) is 0 Å². The van der Waals surface area contributed by atoms with E-state index in [1.807, 2.05) is 0 Å². The third-order valence-electron chi connectivity index (χ3n) is 4.47. The molecule has 0 aromatic rings. The van der Waals surface area contributed by atoms with Crippen LogP contribution < -0.4 is 0 Å². The molecular weight excluding hydrogens is 316 g/mol. The van der Waals surface area contributed by atoms with E-state index in [9.17, 15) is 9.59 Å². The number of carboxylic acids is 2. The van der Waals surface area contributed by atoms with Crippen molar-refractivity contribution in [1.29, 1.82) is 0 Å². The van der Waals surface area contributed by atoms with Crippen LogP contribution in [0.4, 0.5) is 0 Å². The van der Waals surface area contributed by atoms with Crippen LogP contribution in [0.5, 0.6) is 0 Å². The summed E-state index contributed by atoms with van der Waals surface area (Å²) in [6, 6.07) is 0. The van der Waals surface area contributed by atoms with Gasteiger partial charge in [-0.25, -0.2) is 9.59 Å². The van der Waals surface area contributed by atoms with E-state index in [2.05, 4.69) is 19.1 Å². The fraction of sp³-hybridized carbons (Fsp3) is 0.714. The van der Waals surface area contributed by atoms with Gasteiger partial charge in [0.15, 0.2) is 0 Å². The third-order valence-corrected chi connectivity index (χ3v) is 4.47. The summed E-state index contributed by atoms with van der Waals surface area (Å²) < 4.78 is 0. The second-order valence-corrected chi connectivity index (χ2v) is 6.69. The van der Waals surface area contributed by atoms with Gasteiger partial charge in [0.25, 0.3) is 0 Å². The minimum Gasteiger partial charge on any atom is -0.478 e. The van der Waals surface area contributed by atoms with Gasteiger partial charge in [0.05, 0.1) is 0 Å². The summed E-state index contributed by atoms with van der Waals surface area (Å²) in [4.78, 5) is 21.9. The number of allylic oxidation sites excluding steroid dienone is 2. The third kappa shape index (κ3) is 13.4. The lowest BCUT2D eigenvalue weighted by molar-refractivity contribution is -0.136. The zero-order valence-electron chi connectivity index (χ0n) is 16.1. The number of hydrogen-bond acceptors (Lipinski definition) is 2. The van der Waals surface area contributed by atoms with Gasteiger partial charge in [0, 0.05) is 11.1 Å². The average Bonchev–Trinajstić information content (AvgIpc) is 2.57. The van der Waals surface area contributed by atoms with Crippen molar-refractivity contribution in [2.75, 3.05) is 0 Å². The van der Waals surface area contributed by atoms with Crippen LogP contribution in [0.15, 0.2) is 23.3 Å². The highest BCUT2D eigenvalue weighted by Gasteiger charge is 2.15. The first kappa shape index (κ1) is 23.4. The Kier molecular flexibility index (Phi) is 14.9. The van der Waals surface area contributed by atoms with Crippen LogP contribution in [-0.2, 0) is 9.59 Å². The molecular formula is C21H36O4. The maximum Gasteiger partial charge on any atom is 0.332 e. The van der Waals surface area contributed by atoms with Crippen molar-refractivity contribution in [3.05, 3.63) is 23.3 Å². The van der Waals surface area contributed by atoms with Crippen LogP contribution >= 0.6 is 0 Å². The van der Waals surface area contributed by atoms with Crippen LogP contribution in [0, 0.1) is 0 Å². The highest BCUT2D eigenvalue weighted by molar-refractivity contribution is 5.98. The van der Waals surface area contributed by atoms with Crippen LogP contribution in [-0.4, -0.2) is 22.2 Å². The van der Waals surface area contributed by atoms with Crippen LogP contribution in [0.2, 0.25) is 0 Å². The second-order valence-electron chi connectivity index (χ2n) is 6.69. The number of hydrogen-bond donors (Lipinski definition) is 2. The van der Waals surface area contributed by atoms with Crippen molar-refractivity contribution >= 4 is 11.9 Å². The van der Waals surface area contributed by atoms with Gasteiger partial charge in [-0.1, -0.05) is 64.0 Å². The molecule has 25 heavy (non-hydrogen) atoms. The summed E-state index contributed by atoms with van der Waals surface area (Å²) in [6.07, 6.45) is 18.9. The Morgan fingerprint density at radius 1 is 0.720 bits per heavy atom. The van der Waals surface area contributed by atoms with Crippen LogP contribution in [0.1, 0.15) is 97.3 Å². The molecule has 0 atom stereocenters. The Labute approximate surface area is 153 Å². The topological polar surface area (TPSA) is 74.6 Å². The lowest BCUT2D eigenvalue weighted by Gasteiger charge is -2.05. The van der Waals surface area contributed by atoms with Crippen LogP contribution in [0.25, 0.3) is 0 Å². The molecule has 0 aliphatic carbocycles. The van der Waals surface area contributed by atoms with Gasteiger partial charge in [-0.05, 0) is 45.4 Å². The van der Waals surface area contributed by atoms with Gasteiger partial charge < -0.3 is 10.2 Å². The molecule has 0 aromatic heterocycles. The summed E-state index contributed by atoms with van der Waals surface area (Å²) in [5.74, 6) is -2.26. The van der Waals surface area contributed by atoms with E-state index in [0.717, 1.165) is 32.1 Å². The monoisotopic (exact) mass is 352 g/mol. The molecule has 0 saturated heterocycles. The summed E-state index contributed by atoms with van der Waals surface area (Å²) in [5, 5.41) is 18.0. The fourth-order valence-electron chi connectivity index (χ4n) is 2.78. The minimum absolute atomic E-state index is 0.0336. The molecule has 2 N–H and O–H groups in total. The van der Waals surface area contributed by atoms with Crippen molar-refractivity contribution in [3.63, 3.8) is 0 Å². The summed E-state index contributed by atoms with van der Waals surface area (Å²) >= 11 is 0. The molecule has 4 nitrogen and oxygen atoms in total. The van der Waals surface area contributed by atoms with Gasteiger partial charge >= 0.3 is 11.9 Å². The van der Waals surface area contributed by atoms with Crippen molar-refractivity contribution in [2.45, 2.75) is 97.3 Å². The largest absolute Gasteiger partial charge is 0.478 e. The quantitative estimate of drug-likeness (QED) is 0.199. The van der Waals surface area contributed by atoms with E-state index in [-0.39, 0.29) is 11.1 Å². The first-order valence-electron chi connectivity index (χ1n) is 9.82. The predicted molar refractivity (Wildman–Crippen MR) is 103 cm³/mol. The first-order valence-corrected chi connectivity index (χ1v) is 9.82. The Bertz CT molecular complexity index is 435. The molecule has 0 saturated carbocycles. The normalized spacial score (nSPS) is 12.4.